The highest BCUT2D eigenvalue weighted by Gasteiger charge is 2.42. The highest BCUT2D eigenvalue weighted by molar-refractivity contribution is 8.00. The molecule has 0 N–H and O–H groups in total. The van der Waals surface area contributed by atoms with Gasteiger partial charge in [0.1, 0.15) is 0 Å². The molecule has 1 amide bonds. The van der Waals surface area contributed by atoms with Crippen molar-refractivity contribution in [3.63, 3.8) is 0 Å². The normalized spacial score (nSPS) is 40.6. The van der Waals surface area contributed by atoms with Crippen LogP contribution in [-0.2, 0) is 4.79 Å². The maximum Gasteiger partial charge on any atom is 0.226 e. The van der Waals surface area contributed by atoms with Crippen molar-refractivity contribution >= 4 is 17.7 Å². The Labute approximate surface area is 58.6 Å². The van der Waals surface area contributed by atoms with E-state index in [2.05, 4.69) is 6.92 Å². The molecule has 2 saturated heterocycles. The summed E-state index contributed by atoms with van der Waals surface area (Å²) >= 11 is 1.92. The van der Waals surface area contributed by atoms with E-state index in [-0.39, 0.29) is 0 Å². The average molecular weight is 143 g/mol. The van der Waals surface area contributed by atoms with E-state index < -0.39 is 0 Å². The molecule has 0 aromatic rings. The van der Waals surface area contributed by atoms with Gasteiger partial charge in [-0.2, -0.15) is 0 Å². The fourth-order valence-electron chi connectivity index (χ4n) is 1.35. The molecule has 2 nitrogen and oxygen atoms in total. The largest absolute Gasteiger partial charge is 0.329 e. The number of nitrogens with zero attached hydrogens (tertiary/aromatic N) is 1. The van der Waals surface area contributed by atoms with Crippen molar-refractivity contribution in [3.05, 3.63) is 0 Å². The minimum atomic E-state index is 0.344. The second-order valence-electron chi connectivity index (χ2n) is 2.65. The number of rotatable bonds is 0. The maximum atomic E-state index is 10.8. The summed E-state index contributed by atoms with van der Waals surface area (Å²) in [6.45, 7) is 3.16. The molecule has 50 valence electrons. The van der Waals surface area contributed by atoms with Gasteiger partial charge in [-0.15, -0.1) is 11.8 Å². The van der Waals surface area contributed by atoms with Crippen molar-refractivity contribution in [1.29, 1.82) is 0 Å². The second-order valence-corrected chi connectivity index (χ2v) is 4.27. The third kappa shape index (κ3) is 0.674. The molecule has 2 aliphatic heterocycles. The van der Waals surface area contributed by atoms with Gasteiger partial charge in [0.2, 0.25) is 5.91 Å². The maximum absolute atomic E-state index is 10.8. The van der Waals surface area contributed by atoms with Gasteiger partial charge >= 0.3 is 0 Å². The lowest BCUT2D eigenvalue weighted by atomic mass is 10.2. The van der Waals surface area contributed by atoms with E-state index in [1.54, 1.807) is 0 Å². The Hall–Kier alpha value is -0.180. The monoisotopic (exact) mass is 143 g/mol. The topological polar surface area (TPSA) is 20.3 Å². The molecule has 1 unspecified atom stereocenters. The smallest absolute Gasteiger partial charge is 0.226 e. The van der Waals surface area contributed by atoms with Gasteiger partial charge in [0, 0.05) is 11.8 Å². The molecule has 0 radical (unpaired) electrons. The first-order valence-electron chi connectivity index (χ1n) is 3.22. The fourth-order valence-corrected chi connectivity index (χ4v) is 2.73. The molecule has 0 aromatic carbocycles. The van der Waals surface area contributed by atoms with Crippen LogP contribution in [0.3, 0.4) is 0 Å². The Balaban J connectivity index is 2.08. The molecule has 2 fully saturated rings. The van der Waals surface area contributed by atoms with Crippen LogP contribution in [0.4, 0.5) is 0 Å². The number of carbonyl (C=O) groups is 1. The Morgan fingerprint density at radius 1 is 1.78 bits per heavy atom. The molecule has 2 aliphatic rings. The van der Waals surface area contributed by atoms with Crippen molar-refractivity contribution in [2.75, 3.05) is 6.54 Å². The summed E-state index contributed by atoms with van der Waals surface area (Å²) in [7, 11) is 0. The summed E-state index contributed by atoms with van der Waals surface area (Å²) in [4.78, 5) is 12.7. The Morgan fingerprint density at radius 3 is 3.00 bits per heavy atom. The minimum Gasteiger partial charge on any atom is -0.329 e. The van der Waals surface area contributed by atoms with Gasteiger partial charge < -0.3 is 4.90 Å². The van der Waals surface area contributed by atoms with Gasteiger partial charge in [-0.25, -0.2) is 0 Å². The van der Waals surface area contributed by atoms with Crippen LogP contribution in [-0.4, -0.2) is 28.0 Å². The lowest BCUT2D eigenvalue weighted by molar-refractivity contribution is -0.140. The van der Waals surface area contributed by atoms with Gasteiger partial charge in [0.05, 0.1) is 11.8 Å². The summed E-state index contributed by atoms with van der Waals surface area (Å²) < 4.78 is 0. The van der Waals surface area contributed by atoms with Gasteiger partial charge in [-0.05, 0) is 0 Å². The van der Waals surface area contributed by atoms with Crippen LogP contribution in [0.25, 0.3) is 0 Å². The van der Waals surface area contributed by atoms with Crippen LogP contribution in [0.1, 0.15) is 13.3 Å². The summed E-state index contributed by atoms with van der Waals surface area (Å²) in [5, 5.41) is 1.22. The number of carbonyl (C=O) groups excluding carboxylic acids is 1. The van der Waals surface area contributed by atoms with Crippen LogP contribution in [0.5, 0.6) is 0 Å². The Morgan fingerprint density at radius 2 is 2.56 bits per heavy atom. The number of thioether (sulfide) groups is 1. The fraction of sp³-hybridized carbons (Fsp3) is 0.833. The van der Waals surface area contributed by atoms with E-state index in [9.17, 15) is 4.79 Å². The molecular formula is C6H9NOS. The molecule has 0 saturated carbocycles. The van der Waals surface area contributed by atoms with Gasteiger partial charge in [0.15, 0.2) is 0 Å². The Kier molecular flexibility index (Phi) is 1.03. The molecule has 0 spiro atoms. The minimum absolute atomic E-state index is 0.344. The molecule has 2 atom stereocenters. The number of β-lactam (4-membered cyclic amide) rings is 1. The van der Waals surface area contributed by atoms with Crippen molar-refractivity contribution in [2.45, 2.75) is 24.0 Å². The third-order valence-corrected chi connectivity index (χ3v) is 3.21. The van der Waals surface area contributed by atoms with Crippen molar-refractivity contribution in [2.24, 2.45) is 0 Å². The van der Waals surface area contributed by atoms with Crippen molar-refractivity contribution in [1.82, 2.24) is 4.90 Å². The zero-order valence-corrected chi connectivity index (χ0v) is 6.15. The summed E-state index contributed by atoms with van der Waals surface area (Å²) in [5.74, 6) is 0.344. The highest BCUT2D eigenvalue weighted by atomic mass is 32.2. The summed E-state index contributed by atoms with van der Waals surface area (Å²) in [6.07, 6.45) is 0.787. The van der Waals surface area contributed by atoms with Crippen molar-refractivity contribution < 1.29 is 4.79 Å². The lowest BCUT2D eigenvalue weighted by Gasteiger charge is -2.32. The molecule has 3 heteroatoms. The Bertz CT molecular complexity index is 159. The molecule has 0 aliphatic carbocycles. The first-order chi connectivity index (χ1) is 4.27. The molecule has 0 aromatic heterocycles. The number of fused-ring (bicyclic) bond motifs is 1. The van der Waals surface area contributed by atoms with Gasteiger partial charge in [-0.3, -0.25) is 4.79 Å². The third-order valence-electron chi connectivity index (χ3n) is 1.86. The van der Waals surface area contributed by atoms with Crippen LogP contribution < -0.4 is 0 Å². The molecule has 9 heavy (non-hydrogen) atoms. The first kappa shape index (κ1) is 5.59. The van der Waals surface area contributed by atoms with Crippen LogP contribution in [0.2, 0.25) is 0 Å². The SMILES string of the molecule is CC1CN2C(=O)C[C@H]2S1. The first-order valence-corrected chi connectivity index (χ1v) is 4.16. The quantitative estimate of drug-likeness (QED) is 0.465. The predicted octanol–water partition coefficient (Wildman–Crippen LogP) is 0.680. The standard InChI is InChI=1S/C6H9NOS/c1-4-3-7-5(8)2-6(7)9-4/h4,6H,2-3H2,1H3/t4?,6-/m1/s1. The number of hydrogen-bond acceptors (Lipinski definition) is 2. The van der Waals surface area contributed by atoms with Crippen LogP contribution >= 0.6 is 11.8 Å². The van der Waals surface area contributed by atoms with E-state index in [1.807, 2.05) is 16.7 Å². The van der Waals surface area contributed by atoms with E-state index >= 15 is 0 Å². The van der Waals surface area contributed by atoms with E-state index in [4.69, 9.17) is 0 Å². The zero-order valence-electron chi connectivity index (χ0n) is 5.33. The highest BCUT2D eigenvalue weighted by Crippen LogP contribution is 2.39. The molecule has 2 rings (SSSR count). The summed E-state index contributed by atoms with van der Waals surface area (Å²) in [5.41, 5.74) is 0. The predicted molar refractivity (Wildman–Crippen MR) is 37.2 cm³/mol. The molecule has 2 heterocycles. The van der Waals surface area contributed by atoms with Gasteiger partial charge in [-0.1, -0.05) is 6.92 Å². The second kappa shape index (κ2) is 1.66. The van der Waals surface area contributed by atoms with E-state index in [0.29, 0.717) is 16.5 Å². The number of hydrogen-bond donors (Lipinski definition) is 0. The summed E-state index contributed by atoms with van der Waals surface area (Å²) in [6, 6.07) is 0. The van der Waals surface area contributed by atoms with E-state index in [1.165, 1.54) is 0 Å². The lowest BCUT2D eigenvalue weighted by Crippen LogP contribution is -2.47. The molecule has 0 bridgehead atoms. The number of amides is 1. The van der Waals surface area contributed by atoms with Crippen molar-refractivity contribution in [3.8, 4) is 0 Å². The van der Waals surface area contributed by atoms with E-state index in [0.717, 1.165) is 13.0 Å². The van der Waals surface area contributed by atoms with Crippen LogP contribution in [0.15, 0.2) is 0 Å². The van der Waals surface area contributed by atoms with Gasteiger partial charge in [0.25, 0.3) is 0 Å². The molecular weight excluding hydrogens is 134 g/mol. The average Bonchev–Trinajstić information content (AvgIpc) is 2.08. The zero-order chi connectivity index (χ0) is 6.43. The van der Waals surface area contributed by atoms with Crippen LogP contribution in [0, 0.1) is 0 Å².